The van der Waals surface area contributed by atoms with Crippen LogP contribution in [0.1, 0.15) is 19.4 Å². The molecular formula is C23H22BrClN2O6. The molecule has 0 atom stereocenters. The van der Waals surface area contributed by atoms with Gasteiger partial charge in [-0.05, 0) is 71.7 Å². The van der Waals surface area contributed by atoms with E-state index in [1.54, 1.807) is 38.1 Å². The van der Waals surface area contributed by atoms with Crippen molar-refractivity contribution < 1.29 is 28.5 Å². The van der Waals surface area contributed by atoms with Gasteiger partial charge in [0, 0.05) is 5.02 Å². The summed E-state index contributed by atoms with van der Waals surface area (Å²) < 4.78 is 21.7. The van der Waals surface area contributed by atoms with Crippen molar-refractivity contribution in [3.05, 3.63) is 51.0 Å². The van der Waals surface area contributed by atoms with E-state index in [0.29, 0.717) is 44.6 Å². The second kappa shape index (κ2) is 12.7. The van der Waals surface area contributed by atoms with Gasteiger partial charge in [0.2, 0.25) is 0 Å². The van der Waals surface area contributed by atoms with Crippen LogP contribution in [0.25, 0.3) is 6.08 Å². The number of amides is 1. The maximum absolute atomic E-state index is 12.7. The maximum atomic E-state index is 12.7. The van der Waals surface area contributed by atoms with Crippen molar-refractivity contribution in [2.45, 2.75) is 13.8 Å². The molecule has 0 saturated carbocycles. The number of nitrogens with zero attached hydrogens (tertiary/aromatic N) is 1. The molecule has 0 bridgehead atoms. The number of nitrogens with one attached hydrogen (secondary N) is 1. The number of methoxy groups -OCH3 is 1. The number of ether oxygens (including phenoxy) is 4. The number of benzene rings is 2. The largest absolute Gasteiger partial charge is 0.495 e. The number of carbonyl (C=O) groups excluding carboxylic acids is 2. The van der Waals surface area contributed by atoms with Crippen molar-refractivity contribution in [1.82, 2.24) is 0 Å². The lowest BCUT2D eigenvalue weighted by Crippen LogP contribution is -2.15. The number of hydrogen-bond acceptors (Lipinski definition) is 7. The Morgan fingerprint density at radius 3 is 2.55 bits per heavy atom. The highest BCUT2D eigenvalue weighted by Crippen LogP contribution is 2.37. The second-order valence-corrected chi connectivity index (χ2v) is 7.62. The average Bonchev–Trinajstić information content (AvgIpc) is 2.77. The molecule has 1 N–H and O–H groups in total. The van der Waals surface area contributed by atoms with Crippen molar-refractivity contribution in [3.8, 4) is 23.3 Å². The van der Waals surface area contributed by atoms with Crippen LogP contribution in [0.5, 0.6) is 17.2 Å². The molecule has 0 unspecified atom stereocenters. The highest BCUT2D eigenvalue weighted by molar-refractivity contribution is 9.10. The monoisotopic (exact) mass is 536 g/mol. The predicted octanol–water partition coefficient (Wildman–Crippen LogP) is 5.00. The number of halogens is 2. The molecule has 0 aliphatic carbocycles. The molecule has 0 aliphatic rings. The maximum Gasteiger partial charge on any atom is 0.344 e. The summed E-state index contributed by atoms with van der Waals surface area (Å²) in [4.78, 5) is 24.3. The van der Waals surface area contributed by atoms with Crippen LogP contribution >= 0.6 is 27.5 Å². The topological polar surface area (TPSA) is 107 Å². The first kappa shape index (κ1) is 26.0. The highest BCUT2D eigenvalue weighted by Gasteiger charge is 2.17. The van der Waals surface area contributed by atoms with E-state index in [9.17, 15) is 14.9 Å². The molecule has 0 heterocycles. The SMILES string of the molecule is CCOC(=O)COc1c(Br)cc(/C=C(\C#N)C(=O)Nc2cc(Cl)ccc2OC)cc1OCC. The Morgan fingerprint density at radius 2 is 1.91 bits per heavy atom. The fourth-order valence-corrected chi connectivity index (χ4v) is 3.44. The zero-order chi connectivity index (χ0) is 24.4. The summed E-state index contributed by atoms with van der Waals surface area (Å²) >= 11 is 9.38. The molecule has 33 heavy (non-hydrogen) atoms. The molecule has 174 valence electrons. The first-order valence-corrected chi connectivity index (χ1v) is 11.0. The summed E-state index contributed by atoms with van der Waals surface area (Å²) in [5.74, 6) is -0.134. The Kier molecular flexibility index (Phi) is 10.0. The van der Waals surface area contributed by atoms with E-state index < -0.39 is 11.9 Å². The molecular weight excluding hydrogens is 516 g/mol. The van der Waals surface area contributed by atoms with E-state index in [2.05, 4.69) is 21.2 Å². The van der Waals surface area contributed by atoms with Gasteiger partial charge in [-0.25, -0.2) is 4.79 Å². The van der Waals surface area contributed by atoms with Gasteiger partial charge >= 0.3 is 5.97 Å². The average molecular weight is 538 g/mol. The second-order valence-electron chi connectivity index (χ2n) is 6.33. The van der Waals surface area contributed by atoms with Crippen LogP contribution in [0.4, 0.5) is 5.69 Å². The van der Waals surface area contributed by atoms with Crippen molar-refractivity contribution in [2.75, 3.05) is 32.2 Å². The van der Waals surface area contributed by atoms with Gasteiger partial charge in [0.25, 0.3) is 5.91 Å². The van der Waals surface area contributed by atoms with Crippen molar-refractivity contribution in [1.29, 1.82) is 5.26 Å². The lowest BCUT2D eigenvalue weighted by Gasteiger charge is -2.14. The Bertz CT molecular complexity index is 1100. The number of carbonyl (C=O) groups is 2. The fraction of sp³-hybridized carbons (Fsp3) is 0.261. The summed E-state index contributed by atoms with van der Waals surface area (Å²) in [6.07, 6.45) is 1.40. The van der Waals surface area contributed by atoms with E-state index >= 15 is 0 Å². The van der Waals surface area contributed by atoms with Crippen LogP contribution in [-0.4, -0.2) is 38.8 Å². The third kappa shape index (κ3) is 7.41. The summed E-state index contributed by atoms with van der Waals surface area (Å²) in [6, 6.07) is 9.86. The minimum atomic E-state index is -0.644. The van der Waals surface area contributed by atoms with Gasteiger partial charge in [0.15, 0.2) is 18.1 Å². The molecule has 0 aromatic heterocycles. The van der Waals surface area contributed by atoms with Gasteiger partial charge in [-0.15, -0.1) is 0 Å². The third-order valence-corrected chi connectivity index (χ3v) is 4.88. The molecule has 2 aromatic rings. The summed E-state index contributed by atoms with van der Waals surface area (Å²) in [6.45, 7) is 3.76. The van der Waals surface area contributed by atoms with Gasteiger partial charge in [-0.1, -0.05) is 11.6 Å². The number of nitriles is 1. The third-order valence-electron chi connectivity index (χ3n) is 4.06. The van der Waals surface area contributed by atoms with E-state index in [1.165, 1.54) is 19.3 Å². The quantitative estimate of drug-likeness (QED) is 0.258. The molecule has 8 nitrogen and oxygen atoms in total. The molecule has 10 heteroatoms. The lowest BCUT2D eigenvalue weighted by molar-refractivity contribution is -0.145. The summed E-state index contributed by atoms with van der Waals surface area (Å²) in [5, 5.41) is 12.6. The Labute approximate surface area is 205 Å². The minimum absolute atomic E-state index is 0.161. The van der Waals surface area contributed by atoms with Crippen LogP contribution < -0.4 is 19.5 Å². The zero-order valence-electron chi connectivity index (χ0n) is 18.2. The Morgan fingerprint density at radius 1 is 1.15 bits per heavy atom. The standard InChI is InChI=1S/C23H22BrClN2O6/c1-4-31-20-10-14(9-17(24)22(20)33-13-21(28)32-5-2)8-15(12-26)23(29)27-18-11-16(25)6-7-19(18)30-3/h6-11H,4-5,13H2,1-3H3,(H,27,29)/b15-8+. The Balaban J connectivity index is 2.33. The zero-order valence-corrected chi connectivity index (χ0v) is 20.6. The van der Waals surface area contributed by atoms with Gasteiger partial charge in [0.1, 0.15) is 17.4 Å². The van der Waals surface area contributed by atoms with Crippen LogP contribution in [-0.2, 0) is 14.3 Å². The predicted molar refractivity (Wildman–Crippen MR) is 128 cm³/mol. The first-order chi connectivity index (χ1) is 15.8. The fourth-order valence-electron chi connectivity index (χ4n) is 2.69. The summed E-state index contributed by atoms with van der Waals surface area (Å²) in [7, 11) is 1.46. The van der Waals surface area contributed by atoms with Crippen LogP contribution in [0.3, 0.4) is 0 Å². The lowest BCUT2D eigenvalue weighted by atomic mass is 10.1. The molecule has 0 fully saturated rings. The normalized spacial score (nSPS) is 10.7. The van der Waals surface area contributed by atoms with E-state index in [1.807, 2.05) is 6.07 Å². The van der Waals surface area contributed by atoms with Crippen LogP contribution in [0.2, 0.25) is 5.02 Å². The Hall–Kier alpha value is -3.22. The van der Waals surface area contributed by atoms with Crippen LogP contribution in [0.15, 0.2) is 40.4 Å². The smallest absolute Gasteiger partial charge is 0.344 e. The molecule has 2 rings (SSSR count). The van der Waals surface area contributed by atoms with E-state index in [4.69, 9.17) is 30.5 Å². The highest BCUT2D eigenvalue weighted by atomic mass is 79.9. The van der Waals surface area contributed by atoms with Crippen molar-refractivity contribution in [2.24, 2.45) is 0 Å². The molecule has 0 aliphatic heterocycles. The number of rotatable bonds is 10. The number of esters is 1. The molecule has 0 radical (unpaired) electrons. The molecule has 0 saturated heterocycles. The van der Waals surface area contributed by atoms with Gasteiger partial charge < -0.3 is 24.3 Å². The van der Waals surface area contributed by atoms with Crippen molar-refractivity contribution in [3.63, 3.8) is 0 Å². The van der Waals surface area contributed by atoms with E-state index in [-0.39, 0.29) is 18.8 Å². The van der Waals surface area contributed by atoms with Gasteiger partial charge in [0.05, 0.1) is 30.5 Å². The minimum Gasteiger partial charge on any atom is -0.495 e. The summed E-state index contributed by atoms with van der Waals surface area (Å²) in [5.41, 5.74) is 0.667. The first-order valence-electron chi connectivity index (χ1n) is 9.84. The van der Waals surface area contributed by atoms with Crippen molar-refractivity contribution >= 4 is 51.2 Å². The number of anilines is 1. The van der Waals surface area contributed by atoms with Gasteiger partial charge in [-0.2, -0.15) is 5.26 Å². The molecule has 2 aromatic carbocycles. The van der Waals surface area contributed by atoms with Gasteiger partial charge in [-0.3, -0.25) is 4.79 Å². The molecule has 1 amide bonds. The number of hydrogen-bond donors (Lipinski definition) is 1. The molecule has 0 spiro atoms. The van der Waals surface area contributed by atoms with Crippen LogP contribution in [0, 0.1) is 11.3 Å². The van der Waals surface area contributed by atoms with E-state index in [0.717, 1.165) is 0 Å².